The molecule has 2 heterocycles. The molecule has 0 bridgehead atoms. The summed E-state index contributed by atoms with van der Waals surface area (Å²) in [6.45, 7) is 13.5. The van der Waals surface area contributed by atoms with Gasteiger partial charge in [-0.05, 0) is 74.4 Å². The highest BCUT2D eigenvalue weighted by atomic mass is 16.5. The molecule has 0 saturated carbocycles. The van der Waals surface area contributed by atoms with Gasteiger partial charge in [-0.2, -0.15) is 0 Å². The fourth-order valence-electron chi connectivity index (χ4n) is 3.59. The van der Waals surface area contributed by atoms with Crippen LogP contribution in [0.25, 0.3) is 22.8 Å². The van der Waals surface area contributed by atoms with Crippen LogP contribution >= 0.6 is 0 Å². The van der Waals surface area contributed by atoms with Crippen LogP contribution in [0.5, 0.6) is 5.75 Å². The Morgan fingerprint density at radius 2 is 1.83 bits per heavy atom. The highest BCUT2D eigenvalue weighted by molar-refractivity contribution is 5.64. The minimum atomic E-state index is 0.561. The largest absolute Gasteiger partial charge is 0.493 e. The molecular weight excluding hydrogens is 360 g/mol. The van der Waals surface area contributed by atoms with E-state index in [9.17, 15) is 0 Å². The zero-order valence-electron chi connectivity index (χ0n) is 18.5. The number of oxazole rings is 1. The van der Waals surface area contributed by atoms with Crippen molar-refractivity contribution in [1.82, 2.24) is 9.97 Å². The lowest BCUT2D eigenvalue weighted by Crippen LogP contribution is -2.01. The van der Waals surface area contributed by atoms with Gasteiger partial charge in [0.15, 0.2) is 5.76 Å². The quantitative estimate of drug-likeness (QED) is 0.435. The maximum Gasteiger partial charge on any atom is 0.226 e. The van der Waals surface area contributed by atoms with Crippen LogP contribution in [0.4, 0.5) is 0 Å². The summed E-state index contributed by atoms with van der Waals surface area (Å²) < 4.78 is 12.1. The smallest absolute Gasteiger partial charge is 0.226 e. The van der Waals surface area contributed by atoms with Crippen molar-refractivity contribution in [1.29, 1.82) is 0 Å². The van der Waals surface area contributed by atoms with E-state index >= 15 is 0 Å². The molecule has 0 atom stereocenters. The lowest BCUT2D eigenvalue weighted by molar-refractivity contribution is 0.312. The number of benzene rings is 1. The Hall–Kier alpha value is -2.62. The molecule has 0 unspecified atom stereocenters. The predicted octanol–water partition coefficient (Wildman–Crippen LogP) is 6.57. The van der Waals surface area contributed by atoms with Gasteiger partial charge in [0.05, 0.1) is 12.8 Å². The minimum absolute atomic E-state index is 0.561. The van der Waals surface area contributed by atoms with Crippen molar-refractivity contribution in [3.05, 3.63) is 53.0 Å². The Kier molecular flexibility index (Phi) is 6.73. The molecule has 2 aromatic heterocycles. The van der Waals surface area contributed by atoms with E-state index in [0.717, 1.165) is 65.5 Å². The average Bonchev–Trinajstić information content (AvgIpc) is 3.15. The summed E-state index contributed by atoms with van der Waals surface area (Å²) in [7, 11) is 0. The molecule has 0 saturated heterocycles. The average molecular weight is 393 g/mol. The molecule has 0 aliphatic heterocycles. The number of aromatic nitrogens is 2. The van der Waals surface area contributed by atoms with Crippen molar-refractivity contribution >= 4 is 0 Å². The summed E-state index contributed by atoms with van der Waals surface area (Å²) in [5, 5.41) is 0. The van der Waals surface area contributed by atoms with Gasteiger partial charge in [0.25, 0.3) is 0 Å². The first kappa shape index (κ1) is 21.1. The number of nitrogens with zero attached hydrogens (tertiary/aromatic N) is 2. The third-order valence-corrected chi connectivity index (χ3v) is 4.84. The maximum atomic E-state index is 6.17. The van der Waals surface area contributed by atoms with E-state index in [4.69, 9.17) is 9.15 Å². The first-order valence-corrected chi connectivity index (χ1v) is 10.6. The normalized spacial score (nSPS) is 11.3. The molecule has 3 aromatic rings. The fraction of sp³-hybridized carbons (Fsp3) is 0.440. The van der Waals surface area contributed by atoms with Gasteiger partial charge in [0, 0.05) is 22.5 Å². The molecule has 1 aromatic carbocycles. The Balaban J connectivity index is 1.94. The van der Waals surface area contributed by atoms with E-state index < -0.39 is 0 Å². The van der Waals surface area contributed by atoms with Gasteiger partial charge in [-0.15, -0.1) is 0 Å². The van der Waals surface area contributed by atoms with Crippen LogP contribution < -0.4 is 4.74 Å². The fourth-order valence-corrected chi connectivity index (χ4v) is 3.59. The Morgan fingerprint density at radius 3 is 2.52 bits per heavy atom. The van der Waals surface area contributed by atoms with Crippen LogP contribution in [-0.4, -0.2) is 16.6 Å². The summed E-state index contributed by atoms with van der Waals surface area (Å²) in [5.41, 5.74) is 6.41. The second kappa shape index (κ2) is 9.25. The summed E-state index contributed by atoms with van der Waals surface area (Å²) >= 11 is 0. The topological polar surface area (TPSA) is 48.2 Å². The first-order valence-electron chi connectivity index (χ1n) is 10.6. The molecule has 0 fully saturated rings. The second-order valence-electron chi connectivity index (χ2n) is 8.10. The molecule has 4 heteroatoms. The van der Waals surface area contributed by atoms with Gasteiger partial charge in [0.2, 0.25) is 5.89 Å². The molecule has 0 radical (unpaired) electrons. The summed E-state index contributed by atoms with van der Waals surface area (Å²) in [6.07, 6.45) is 4.67. The lowest BCUT2D eigenvalue weighted by Gasteiger charge is -2.14. The molecule has 0 aliphatic rings. The van der Waals surface area contributed by atoms with Crippen molar-refractivity contribution in [2.75, 3.05) is 6.61 Å². The lowest BCUT2D eigenvalue weighted by atomic mass is 10.0. The molecule has 29 heavy (non-hydrogen) atoms. The van der Waals surface area contributed by atoms with Crippen molar-refractivity contribution in [2.45, 2.75) is 60.8 Å². The van der Waals surface area contributed by atoms with Crippen molar-refractivity contribution < 1.29 is 9.15 Å². The van der Waals surface area contributed by atoms with Crippen LogP contribution in [0.15, 0.2) is 34.9 Å². The molecular formula is C25H32N2O2. The van der Waals surface area contributed by atoms with E-state index in [1.165, 1.54) is 5.56 Å². The zero-order chi connectivity index (χ0) is 21.0. The van der Waals surface area contributed by atoms with Gasteiger partial charge in [-0.3, -0.25) is 4.98 Å². The molecule has 3 rings (SSSR count). The number of pyridine rings is 1. The number of rotatable bonds is 8. The molecule has 0 aliphatic carbocycles. The summed E-state index contributed by atoms with van der Waals surface area (Å²) in [6, 6.07) is 8.40. The predicted molar refractivity (Wildman–Crippen MR) is 118 cm³/mol. The Labute approximate surface area is 174 Å². The van der Waals surface area contributed by atoms with E-state index in [-0.39, 0.29) is 0 Å². The standard InChI is InChI=1S/C25H32N2O2/c1-7-9-28-24-17(5)11-21(13-19(24)8-2)25-26-15-23(29-25)20-12-18(6)27-22(14-20)10-16(3)4/h11-16H,7-10H2,1-6H3. The molecule has 0 amide bonds. The summed E-state index contributed by atoms with van der Waals surface area (Å²) in [4.78, 5) is 9.22. The molecule has 4 nitrogen and oxygen atoms in total. The van der Waals surface area contributed by atoms with E-state index in [1.54, 1.807) is 0 Å². The van der Waals surface area contributed by atoms with Crippen LogP contribution in [0.1, 0.15) is 56.6 Å². The van der Waals surface area contributed by atoms with E-state index in [2.05, 4.69) is 68.9 Å². The van der Waals surface area contributed by atoms with Crippen molar-refractivity contribution in [2.24, 2.45) is 5.92 Å². The van der Waals surface area contributed by atoms with Gasteiger partial charge < -0.3 is 9.15 Å². The highest BCUT2D eigenvalue weighted by Crippen LogP contribution is 2.33. The van der Waals surface area contributed by atoms with Crippen molar-refractivity contribution in [3.8, 4) is 28.5 Å². The van der Waals surface area contributed by atoms with Gasteiger partial charge >= 0.3 is 0 Å². The highest BCUT2D eigenvalue weighted by Gasteiger charge is 2.15. The van der Waals surface area contributed by atoms with E-state index in [1.807, 2.05) is 13.1 Å². The van der Waals surface area contributed by atoms with Gasteiger partial charge in [-0.1, -0.05) is 27.7 Å². The number of aryl methyl sites for hydroxylation is 3. The number of ether oxygens (including phenoxy) is 1. The third kappa shape index (κ3) is 5.06. The van der Waals surface area contributed by atoms with Crippen LogP contribution in [0.2, 0.25) is 0 Å². The zero-order valence-corrected chi connectivity index (χ0v) is 18.5. The summed E-state index contributed by atoms with van der Waals surface area (Å²) in [5.74, 6) is 2.97. The molecule has 154 valence electrons. The van der Waals surface area contributed by atoms with Crippen molar-refractivity contribution in [3.63, 3.8) is 0 Å². The third-order valence-electron chi connectivity index (χ3n) is 4.84. The van der Waals surface area contributed by atoms with Crippen LogP contribution in [-0.2, 0) is 12.8 Å². The van der Waals surface area contributed by atoms with E-state index in [0.29, 0.717) is 11.8 Å². The Morgan fingerprint density at radius 1 is 1.03 bits per heavy atom. The SMILES string of the molecule is CCCOc1c(C)cc(-c2ncc(-c3cc(C)nc(CC(C)C)c3)o2)cc1CC. The molecule has 0 N–H and O–H groups in total. The Bertz CT molecular complexity index is 973. The molecule has 0 spiro atoms. The van der Waals surface area contributed by atoms with Crippen LogP contribution in [0, 0.1) is 19.8 Å². The monoisotopic (exact) mass is 392 g/mol. The number of hydrogen-bond acceptors (Lipinski definition) is 4. The first-order chi connectivity index (χ1) is 13.9. The minimum Gasteiger partial charge on any atom is -0.493 e. The van der Waals surface area contributed by atoms with Gasteiger partial charge in [0.1, 0.15) is 5.75 Å². The maximum absolute atomic E-state index is 6.17. The van der Waals surface area contributed by atoms with Crippen LogP contribution in [0.3, 0.4) is 0 Å². The second-order valence-corrected chi connectivity index (χ2v) is 8.10. The number of hydrogen-bond donors (Lipinski definition) is 0. The van der Waals surface area contributed by atoms with Gasteiger partial charge in [-0.25, -0.2) is 4.98 Å².